The first-order chi connectivity index (χ1) is 7.32. The molecule has 0 aromatic heterocycles. The number of esters is 1. The first-order valence-corrected chi connectivity index (χ1v) is 7.24. The van der Waals surface area contributed by atoms with Crippen molar-refractivity contribution < 1.29 is 17.9 Å². The molecule has 0 atom stereocenters. The highest BCUT2D eigenvalue weighted by Gasteiger charge is 2.13. The lowest BCUT2D eigenvalue weighted by Gasteiger charge is -2.03. The first-order valence-electron chi connectivity index (χ1n) is 4.14. The molecule has 4 nitrogen and oxygen atoms in total. The largest absolute Gasteiger partial charge is 0.469 e. The van der Waals surface area contributed by atoms with Gasteiger partial charge < -0.3 is 4.74 Å². The number of carbonyl (C=O) groups excluding carboxylic acids is 1. The zero-order valence-corrected chi connectivity index (χ0v) is 11.4. The first kappa shape index (κ1) is 13.5. The molecule has 0 unspecified atom stereocenters. The number of hydrogen-bond donors (Lipinski definition) is 0. The van der Waals surface area contributed by atoms with Gasteiger partial charge in [-0.15, -0.1) is 0 Å². The van der Waals surface area contributed by atoms with Gasteiger partial charge in [-0.3, -0.25) is 4.79 Å². The van der Waals surface area contributed by atoms with Crippen LogP contribution < -0.4 is 0 Å². The highest BCUT2D eigenvalue weighted by atomic mass is 79.9. The summed E-state index contributed by atoms with van der Waals surface area (Å²) in [6.45, 7) is 0. The third-order valence-corrected chi connectivity index (χ3v) is 3.58. The molecule has 0 N–H and O–H groups in total. The van der Waals surface area contributed by atoms with Gasteiger partial charge in [0.25, 0.3) is 9.05 Å². The molecule has 1 aromatic carbocycles. The predicted molar refractivity (Wildman–Crippen MR) is 62.9 cm³/mol. The summed E-state index contributed by atoms with van der Waals surface area (Å²) in [7, 11) is 2.67. The van der Waals surface area contributed by atoms with Crippen molar-refractivity contribution in [1.29, 1.82) is 0 Å². The maximum Gasteiger partial charge on any atom is 0.309 e. The van der Waals surface area contributed by atoms with Crippen molar-refractivity contribution in [2.75, 3.05) is 7.11 Å². The summed E-state index contributed by atoms with van der Waals surface area (Å²) >= 11 is 3.14. The number of hydrogen-bond acceptors (Lipinski definition) is 4. The number of carbonyl (C=O) groups is 1. The van der Waals surface area contributed by atoms with Crippen LogP contribution in [0.15, 0.2) is 27.6 Å². The van der Waals surface area contributed by atoms with Gasteiger partial charge >= 0.3 is 5.97 Å². The molecular formula is C9H8BrClO4S. The van der Waals surface area contributed by atoms with Crippen molar-refractivity contribution in [2.45, 2.75) is 11.3 Å². The quantitative estimate of drug-likeness (QED) is 0.630. The monoisotopic (exact) mass is 326 g/mol. The summed E-state index contributed by atoms with van der Waals surface area (Å²) in [5, 5.41) is 0. The second kappa shape index (κ2) is 5.16. The standard InChI is InChI=1S/C9H8BrClO4S/c1-15-9(12)4-6-2-7(10)5-8(3-6)16(11,13)14/h2-3,5H,4H2,1H3. The van der Waals surface area contributed by atoms with Gasteiger partial charge in [0, 0.05) is 15.2 Å². The Hall–Kier alpha value is -0.590. The Morgan fingerprint density at radius 2 is 2.06 bits per heavy atom. The van der Waals surface area contributed by atoms with Gasteiger partial charge in [-0.1, -0.05) is 15.9 Å². The molecule has 0 spiro atoms. The summed E-state index contributed by atoms with van der Waals surface area (Å²) in [6, 6.07) is 4.33. The van der Waals surface area contributed by atoms with Crippen molar-refractivity contribution >= 4 is 41.6 Å². The van der Waals surface area contributed by atoms with Crippen LogP contribution in [0.5, 0.6) is 0 Å². The van der Waals surface area contributed by atoms with Crippen LogP contribution in [0, 0.1) is 0 Å². The molecule has 0 bridgehead atoms. The Labute approximate surface area is 106 Å². The van der Waals surface area contributed by atoms with Crippen LogP contribution in [0.4, 0.5) is 0 Å². The van der Waals surface area contributed by atoms with Crippen molar-refractivity contribution in [2.24, 2.45) is 0 Å². The second-order valence-corrected chi connectivity index (χ2v) is 6.47. The van der Waals surface area contributed by atoms with Crippen molar-refractivity contribution in [3.05, 3.63) is 28.2 Å². The zero-order valence-electron chi connectivity index (χ0n) is 8.24. The molecule has 0 saturated heterocycles. The number of ether oxygens (including phenoxy) is 1. The molecule has 0 saturated carbocycles. The molecule has 0 aliphatic rings. The molecule has 16 heavy (non-hydrogen) atoms. The van der Waals surface area contributed by atoms with Gasteiger partial charge in [0.05, 0.1) is 18.4 Å². The molecule has 7 heteroatoms. The van der Waals surface area contributed by atoms with Crippen LogP contribution in [0.1, 0.15) is 5.56 Å². The third-order valence-electron chi connectivity index (χ3n) is 1.79. The fraction of sp³-hybridized carbons (Fsp3) is 0.222. The molecule has 0 heterocycles. The Balaban J connectivity index is 3.14. The van der Waals surface area contributed by atoms with E-state index in [0.717, 1.165) is 0 Å². The lowest BCUT2D eigenvalue weighted by molar-refractivity contribution is -0.139. The Morgan fingerprint density at radius 3 is 2.56 bits per heavy atom. The number of rotatable bonds is 3. The van der Waals surface area contributed by atoms with E-state index in [0.29, 0.717) is 10.0 Å². The fourth-order valence-corrected chi connectivity index (χ4v) is 2.62. The van der Waals surface area contributed by atoms with Gasteiger partial charge in [-0.25, -0.2) is 8.42 Å². The van der Waals surface area contributed by atoms with E-state index in [9.17, 15) is 13.2 Å². The summed E-state index contributed by atoms with van der Waals surface area (Å²) in [6.07, 6.45) is -0.00461. The SMILES string of the molecule is COC(=O)Cc1cc(Br)cc(S(=O)(=O)Cl)c1. The summed E-state index contributed by atoms with van der Waals surface area (Å²) in [5.74, 6) is -0.448. The van der Waals surface area contributed by atoms with Crippen molar-refractivity contribution in [3.63, 3.8) is 0 Å². The van der Waals surface area contributed by atoms with E-state index in [1.54, 1.807) is 6.07 Å². The van der Waals surface area contributed by atoms with Gasteiger partial charge in [0.2, 0.25) is 0 Å². The lowest BCUT2D eigenvalue weighted by Crippen LogP contribution is -2.05. The number of halogens is 2. The van der Waals surface area contributed by atoms with Crippen LogP contribution >= 0.6 is 26.6 Å². The van der Waals surface area contributed by atoms with Crippen LogP contribution in [-0.2, 0) is 25.0 Å². The minimum atomic E-state index is -3.80. The van der Waals surface area contributed by atoms with Crippen molar-refractivity contribution in [3.8, 4) is 0 Å². The number of benzene rings is 1. The van der Waals surface area contributed by atoms with E-state index in [1.807, 2.05) is 0 Å². The molecule has 0 aliphatic heterocycles. The van der Waals surface area contributed by atoms with Crippen LogP contribution in [0.25, 0.3) is 0 Å². The molecule has 0 amide bonds. The lowest BCUT2D eigenvalue weighted by atomic mass is 10.1. The van der Waals surface area contributed by atoms with Gasteiger partial charge in [0.15, 0.2) is 0 Å². The van der Waals surface area contributed by atoms with Crippen LogP contribution in [0.3, 0.4) is 0 Å². The summed E-state index contributed by atoms with van der Waals surface area (Å²) in [4.78, 5) is 11.0. The van der Waals surface area contributed by atoms with E-state index in [-0.39, 0.29) is 11.3 Å². The minimum Gasteiger partial charge on any atom is -0.469 e. The maximum atomic E-state index is 11.1. The van der Waals surface area contributed by atoms with Crippen LogP contribution in [-0.4, -0.2) is 21.5 Å². The van der Waals surface area contributed by atoms with Gasteiger partial charge in [-0.05, 0) is 23.8 Å². The molecule has 1 rings (SSSR count). The van der Waals surface area contributed by atoms with Crippen molar-refractivity contribution in [1.82, 2.24) is 0 Å². The Morgan fingerprint density at radius 1 is 1.44 bits per heavy atom. The molecule has 0 aliphatic carbocycles. The highest BCUT2D eigenvalue weighted by Crippen LogP contribution is 2.22. The normalized spacial score (nSPS) is 11.2. The molecule has 1 aromatic rings. The summed E-state index contributed by atoms with van der Waals surface area (Å²) in [5.41, 5.74) is 0.514. The third kappa shape index (κ3) is 3.77. The fourth-order valence-electron chi connectivity index (χ4n) is 1.10. The van der Waals surface area contributed by atoms with E-state index >= 15 is 0 Å². The molecule has 0 fully saturated rings. The average molecular weight is 328 g/mol. The van der Waals surface area contributed by atoms with Gasteiger partial charge in [0.1, 0.15) is 0 Å². The predicted octanol–water partition coefficient (Wildman–Crippen LogP) is 2.09. The zero-order chi connectivity index (χ0) is 12.3. The summed E-state index contributed by atoms with van der Waals surface area (Å²) < 4.78 is 27.3. The second-order valence-electron chi connectivity index (χ2n) is 2.99. The van der Waals surface area contributed by atoms with E-state index in [2.05, 4.69) is 20.7 Å². The van der Waals surface area contributed by atoms with Gasteiger partial charge in [-0.2, -0.15) is 0 Å². The molecular weight excluding hydrogens is 320 g/mol. The molecule has 0 radical (unpaired) electrons. The van der Waals surface area contributed by atoms with Crippen LogP contribution in [0.2, 0.25) is 0 Å². The maximum absolute atomic E-state index is 11.1. The highest BCUT2D eigenvalue weighted by molar-refractivity contribution is 9.10. The topological polar surface area (TPSA) is 60.4 Å². The average Bonchev–Trinajstić information content (AvgIpc) is 2.15. The van der Waals surface area contributed by atoms with E-state index in [1.165, 1.54) is 19.2 Å². The van der Waals surface area contributed by atoms with E-state index < -0.39 is 15.0 Å². The Kier molecular flexibility index (Phi) is 4.35. The minimum absolute atomic E-state index is 0.00461. The smallest absolute Gasteiger partial charge is 0.309 e. The molecule has 88 valence electrons. The number of methoxy groups -OCH3 is 1. The Bertz CT molecular complexity index is 512. The van der Waals surface area contributed by atoms with E-state index in [4.69, 9.17) is 10.7 Å².